The van der Waals surface area contributed by atoms with Gasteiger partial charge in [-0.3, -0.25) is 14.4 Å². The SMILES string of the molecule is CCN1C(=O)/C(=C/c2ccc(Br)cc2)SC1=Nc1ccc(C)c(S(=O)(=O)Nc2ccccc2OC)c1. The number of aliphatic imine (C=N–C) groups is 1. The van der Waals surface area contributed by atoms with Crippen molar-refractivity contribution in [2.75, 3.05) is 18.4 Å². The molecule has 1 amide bonds. The molecule has 36 heavy (non-hydrogen) atoms. The van der Waals surface area contributed by atoms with Crippen LogP contribution in [0.4, 0.5) is 11.4 Å². The van der Waals surface area contributed by atoms with Crippen LogP contribution in [0.25, 0.3) is 6.08 Å². The van der Waals surface area contributed by atoms with Gasteiger partial charge in [0.05, 0.1) is 28.3 Å². The van der Waals surface area contributed by atoms with Gasteiger partial charge in [-0.2, -0.15) is 0 Å². The Morgan fingerprint density at radius 1 is 1.11 bits per heavy atom. The summed E-state index contributed by atoms with van der Waals surface area (Å²) in [4.78, 5) is 19.9. The van der Waals surface area contributed by atoms with Crippen molar-refractivity contribution in [1.29, 1.82) is 0 Å². The third kappa shape index (κ3) is 5.66. The molecule has 3 aromatic carbocycles. The molecule has 1 aliphatic rings. The van der Waals surface area contributed by atoms with Crippen LogP contribution in [0.5, 0.6) is 5.75 Å². The first-order chi connectivity index (χ1) is 17.2. The van der Waals surface area contributed by atoms with Gasteiger partial charge in [-0.05, 0) is 79.2 Å². The second-order valence-corrected chi connectivity index (χ2v) is 11.4. The number of sulfonamides is 1. The molecule has 3 aromatic rings. The van der Waals surface area contributed by atoms with Crippen molar-refractivity contribution in [2.45, 2.75) is 18.7 Å². The number of anilines is 1. The highest BCUT2D eigenvalue weighted by Crippen LogP contribution is 2.35. The van der Waals surface area contributed by atoms with Gasteiger partial charge in [-0.15, -0.1) is 0 Å². The standard InChI is InChI=1S/C26H24BrN3O4S2/c1-4-30-25(31)23(15-18-10-12-19(27)13-11-18)35-26(30)28-20-14-9-17(2)24(16-20)36(32,33)29-21-7-5-6-8-22(21)34-3/h5-16,29H,4H2,1-3H3/b23-15-,28-26?. The molecular weight excluding hydrogens is 562 g/mol. The van der Waals surface area contributed by atoms with Crippen molar-refractivity contribution in [3.8, 4) is 5.75 Å². The number of rotatable bonds is 7. The summed E-state index contributed by atoms with van der Waals surface area (Å²) in [5.74, 6) is 0.279. The maximum absolute atomic E-state index is 13.2. The number of para-hydroxylation sites is 2. The molecule has 1 N–H and O–H groups in total. The number of amidine groups is 1. The Hall–Kier alpha value is -3.08. The average molecular weight is 587 g/mol. The Bertz CT molecular complexity index is 1470. The molecule has 1 saturated heterocycles. The first-order valence-electron chi connectivity index (χ1n) is 11.0. The number of methoxy groups -OCH3 is 1. The Morgan fingerprint density at radius 2 is 1.83 bits per heavy atom. The lowest BCUT2D eigenvalue weighted by atomic mass is 10.2. The van der Waals surface area contributed by atoms with Crippen LogP contribution in [0, 0.1) is 6.92 Å². The lowest BCUT2D eigenvalue weighted by molar-refractivity contribution is -0.122. The number of carbonyl (C=O) groups is 1. The highest BCUT2D eigenvalue weighted by molar-refractivity contribution is 9.10. The molecular formula is C26H24BrN3O4S2. The van der Waals surface area contributed by atoms with Crippen LogP contribution >= 0.6 is 27.7 Å². The molecule has 1 fully saturated rings. The highest BCUT2D eigenvalue weighted by Gasteiger charge is 2.32. The maximum Gasteiger partial charge on any atom is 0.266 e. The van der Waals surface area contributed by atoms with E-state index >= 15 is 0 Å². The average Bonchev–Trinajstić information content (AvgIpc) is 3.15. The van der Waals surface area contributed by atoms with Gasteiger partial charge >= 0.3 is 0 Å². The zero-order valence-electron chi connectivity index (χ0n) is 19.9. The monoisotopic (exact) mass is 585 g/mol. The molecule has 0 atom stereocenters. The van der Waals surface area contributed by atoms with Crippen molar-refractivity contribution < 1.29 is 17.9 Å². The molecule has 186 valence electrons. The smallest absolute Gasteiger partial charge is 0.266 e. The van der Waals surface area contributed by atoms with Crippen LogP contribution in [0.15, 0.2) is 86.0 Å². The van der Waals surface area contributed by atoms with E-state index < -0.39 is 10.0 Å². The summed E-state index contributed by atoms with van der Waals surface area (Å²) in [6.07, 6.45) is 1.83. The lowest BCUT2D eigenvalue weighted by Crippen LogP contribution is -2.28. The predicted octanol–water partition coefficient (Wildman–Crippen LogP) is 6.19. The molecule has 7 nitrogen and oxygen atoms in total. The molecule has 1 aliphatic heterocycles. The third-order valence-corrected chi connectivity index (χ3v) is 8.45. The van der Waals surface area contributed by atoms with Gasteiger partial charge in [0.2, 0.25) is 0 Å². The molecule has 0 radical (unpaired) electrons. The number of nitrogens with zero attached hydrogens (tertiary/aromatic N) is 2. The largest absolute Gasteiger partial charge is 0.495 e. The number of halogens is 1. The summed E-state index contributed by atoms with van der Waals surface area (Å²) in [5, 5.41) is 0.496. The number of benzene rings is 3. The van der Waals surface area contributed by atoms with Gasteiger partial charge in [-0.1, -0.05) is 46.3 Å². The summed E-state index contributed by atoms with van der Waals surface area (Å²) >= 11 is 4.68. The molecule has 1 heterocycles. The van der Waals surface area contributed by atoms with E-state index in [0.717, 1.165) is 10.0 Å². The van der Waals surface area contributed by atoms with E-state index in [0.29, 0.717) is 39.3 Å². The number of hydrogen-bond acceptors (Lipinski definition) is 6. The van der Waals surface area contributed by atoms with Gasteiger partial charge in [0.15, 0.2) is 5.17 Å². The summed E-state index contributed by atoms with van der Waals surface area (Å²) in [6.45, 7) is 4.03. The summed E-state index contributed by atoms with van der Waals surface area (Å²) < 4.78 is 35.3. The van der Waals surface area contributed by atoms with Crippen LogP contribution in [0.2, 0.25) is 0 Å². The summed E-state index contributed by atoms with van der Waals surface area (Å²) in [5.41, 5.74) is 2.24. The number of likely N-dealkylation sites (N-methyl/N-ethyl adjacent to an activating group) is 1. The van der Waals surface area contributed by atoms with Crippen molar-refractivity contribution in [3.63, 3.8) is 0 Å². The second kappa shape index (κ2) is 10.9. The zero-order valence-corrected chi connectivity index (χ0v) is 23.1. The van der Waals surface area contributed by atoms with Crippen LogP contribution in [0.1, 0.15) is 18.1 Å². The van der Waals surface area contributed by atoms with E-state index in [2.05, 4.69) is 25.6 Å². The van der Waals surface area contributed by atoms with E-state index in [1.807, 2.05) is 37.3 Å². The summed E-state index contributed by atoms with van der Waals surface area (Å²) in [6, 6.07) is 19.4. The molecule has 0 saturated carbocycles. The third-order valence-electron chi connectivity index (χ3n) is 5.41. The minimum absolute atomic E-state index is 0.0956. The van der Waals surface area contributed by atoms with E-state index in [1.165, 1.54) is 24.9 Å². The summed E-state index contributed by atoms with van der Waals surface area (Å²) in [7, 11) is -2.44. The fourth-order valence-corrected chi connectivity index (χ4v) is 6.23. The molecule has 10 heteroatoms. The first-order valence-corrected chi connectivity index (χ1v) is 14.1. The minimum atomic E-state index is -3.92. The van der Waals surface area contributed by atoms with Crippen LogP contribution in [-0.4, -0.2) is 38.0 Å². The fraction of sp³-hybridized carbons (Fsp3) is 0.154. The molecule has 0 aromatic heterocycles. The van der Waals surface area contributed by atoms with Crippen LogP contribution in [0.3, 0.4) is 0 Å². The number of ether oxygens (including phenoxy) is 1. The number of aryl methyl sites for hydroxylation is 1. The number of amides is 1. The fourth-order valence-electron chi connectivity index (χ4n) is 3.57. The minimum Gasteiger partial charge on any atom is -0.495 e. The van der Waals surface area contributed by atoms with E-state index in [1.54, 1.807) is 48.2 Å². The molecule has 0 spiro atoms. The number of hydrogen-bond donors (Lipinski definition) is 1. The van der Waals surface area contributed by atoms with Crippen molar-refractivity contribution in [3.05, 3.63) is 87.2 Å². The van der Waals surface area contributed by atoms with Crippen LogP contribution < -0.4 is 9.46 Å². The maximum atomic E-state index is 13.2. The normalized spacial score (nSPS) is 16.1. The Labute approximate surface area is 223 Å². The molecule has 0 aliphatic carbocycles. The number of nitrogens with one attached hydrogen (secondary N) is 1. The van der Waals surface area contributed by atoms with Gasteiger partial charge in [-0.25, -0.2) is 13.4 Å². The number of carbonyl (C=O) groups excluding carboxylic acids is 1. The first kappa shape index (κ1) is 26.0. The van der Waals surface area contributed by atoms with E-state index in [4.69, 9.17) is 4.74 Å². The zero-order chi connectivity index (χ0) is 25.9. The van der Waals surface area contributed by atoms with Crippen molar-refractivity contribution >= 4 is 66.2 Å². The molecule has 0 bridgehead atoms. The van der Waals surface area contributed by atoms with Crippen LogP contribution in [-0.2, 0) is 14.8 Å². The number of thioether (sulfide) groups is 1. The van der Waals surface area contributed by atoms with Gasteiger partial charge in [0.25, 0.3) is 15.9 Å². The Balaban J connectivity index is 1.66. The Morgan fingerprint density at radius 3 is 2.53 bits per heavy atom. The van der Waals surface area contributed by atoms with Crippen molar-refractivity contribution in [1.82, 2.24) is 4.90 Å². The van der Waals surface area contributed by atoms with E-state index in [-0.39, 0.29) is 10.8 Å². The molecule has 0 unspecified atom stereocenters. The van der Waals surface area contributed by atoms with Gasteiger partial charge in [0, 0.05) is 11.0 Å². The van der Waals surface area contributed by atoms with Gasteiger partial charge in [0.1, 0.15) is 5.75 Å². The van der Waals surface area contributed by atoms with Crippen molar-refractivity contribution in [2.24, 2.45) is 4.99 Å². The topological polar surface area (TPSA) is 88.1 Å². The lowest BCUT2D eigenvalue weighted by Gasteiger charge is -2.14. The van der Waals surface area contributed by atoms with Gasteiger partial charge < -0.3 is 4.74 Å². The van der Waals surface area contributed by atoms with E-state index in [9.17, 15) is 13.2 Å². The highest BCUT2D eigenvalue weighted by atomic mass is 79.9. The molecule has 4 rings (SSSR count). The Kier molecular flexibility index (Phi) is 7.87. The quantitative estimate of drug-likeness (QED) is 0.334. The second-order valence-electron chi connectivity index (χ2n) is 7.86. The predicted molar refractivity (Wildman–Crippen MR) is 149 cm³/mol.